The molecular formula is C21H21ClFN7O3. The van der Waals surface area contributed by atoms with E-state index in [1.165, 1.54) is 23.3 Å². The van der Waals surface area contributed by atoms with E-state index in [0.29, 0.717) is 17.1 Å². The zero-order valence-electron chi connectivity index (χ0n) is 18.1. The summed E-state index contributed by atoms with van der Waals surface area (Å²) in [5.41, 5.74) is 0.837. The predicted molar refractivity (Wildman–Crippen MR) is 118 cm³/mol. The Morgan fingerprint density at radius 3 is 2.55 bits per heavy atom. The number of rotatable bonds is 6. The summed E-state index contributed by atoms with van der Waals surface area (Å²) in [6.45, 7) is 3.45. The highest BCUT2D eigenvalue weighted by Gasteiger charge is 2.44. The molecule has 10 nitrogen and oxygen atoms in total. The van der Waals surface area contributed by atoms with Crippen molar-refractivity contribution in [2.45, 2.75) is 32.8 Å². The SMILES string of the molecule is C[C@@H](OC(=O)Nc1c(-c2ncc(NC(=O)C3(C)CC3)cn2)cnn1C)c1cc(F)cnc1Cl. The highest BCUT2D eigenvalue weighted by Crippen LogP contribution is 2.45. The number of anilines is 2. The van der Waals surface area contributed by atoms with Gasteiger partial charge < -0.3 is 10.1 Å². The Morgan fingerprint density at radius 2 is 1.88 bits per heavy atom. The van der Waals surface area contributed by atoms with Crippen molar-refractivity contribution in [1.82, 2.24) is 24.7 Å². The topological polar surface area (TPSA) is 124 Å². The Hall–Kier alpha value is -3.60. The molecular weight excluding hydrogens is 453 g/mol. The Morgan fingerprint density at radius 1 is 1.18 bits per heavy atom. The van der Waals surface area contributed by atoms with E-state index in [2.05, 4.69) is 30.7 Å². The number of hydrogen-bond acceptors (Lipinski definition) is 7. The summed E-state index contributed by atoms with van der Waals surface area (Å²) >= 11 is 5.97. The van der Waals surface area contributed by atoms with Crippen LogP contribution in [0.4, 0.5) is 20.7 Å². The number of nitrogens with zero attached hydrogens (tertiary/aromatic N) is 5. The van der Waals surface area contributed by atoms with Crippen LogP contribution in [0.3, 0.4) is 0 Å². The van der Waals surface area contributed by atoms with E-state index in [1.54, 1.807) is 14.0 Å². The second-order valence-corrected chi connectivity index (χ2v) is 8.40. The quantitative estimate of drug-likeness (QED) is 0.516. The summed E-state index contributed by atoms with van der Waals surface area (Å²) in [5, 5.41) is 9.58. The van der Waals surface area contributed by atoms with Gasteiger partial charge in [-0.15, -0.1) is 0 Å². The van der Waals surface area contributed by atoms with Gasteiger partial charge in [-0.2, -0.15) is 5.10 Å². The Labute approximate surface area is 193 Å². The number of halogens is 2. The molecule has 2 amide bonds. The highest BCUT2D eigenvalue weighted by atomic mass is 35.5. The molecule has 1 fully saturated rings. The molecule has 172 valence electrons. The molecule has 1 saturated carbocycles. The fourth-order valence-electron chi connectivity index (χ4n) is 3.05. The van der Waals surface area contributed by atoms with Crippen LogP contribution in [0.2, 0.25) is 5.15 Å². The van der Waals surface area contributed by atoms with Crippen molar-refractivity contribution in [3.8, 4) is 11.4 Å². The molecule has 12 heteroatoms. The first-order chi connectivity index (χ1) is 15.7. The van der Waals surface area contributed by atoms with Crippen LogP contribution in [0.5, 0.6) is 0 Å². The third-order valence-corrected chi connectivity index (χ3v) is 5.73. The molecule has 4 rings (SSSR count). The summed E-state index contributed by atoms with van der Waals surface area (Å²) in [6, 6.07) is 1.15. The van der Waals surface area contributed by atoms with E-state index in [-0.39, 0.29) is 27.9 Å². The Balaban J connectivity index is 1.46. The molecule has 3 aromatic heterocycles. The lowest BCUT2D eigenvalue weighted by atomic mass is 10.1. The van der Waals surface area contributed by atoms with E-state index >= 15 is 0 Å². The number of nitrogens with one attached hydrogen (secondary N) is 2. The monoisotopic (exact) mass is 473 g/mol. The number of hydrogen-bond donors (Lipinski definition) is 2. The lowest BCUT2D eigenvalue weighted by molar-refractivity contribution is -0.120. The van der Waals surface area contributed by atoms with Gasteiger partial charge in [0.05, 0.1) is 36.0 Å². The van der Waals surface area contributed by atoms with Gasteiger partial charge in [0.1, 0.15) is 22.9 Å². The first-order valence-electron chi connectivity index (χ1n) is 10.1. The minimum Gasteiger partial charge on any atom is -0.441 e. The van der Waals surface area contributed by atoms with E-state index in [4.69, 9.17) is 16.3 Å². The van der Waals surface area contributed by atoms with Crippen molar-refractivity contribution < 1.29 is 18.7 Å². The minimum absolute atomic E-state index is 0.0363. The zero-order chi connectivity index (χ0) is 23.8. The molecule has 33 heavy (non-hydrogen) atoms. The third kappa shape index (κ3) is 4.92. The minimum atomic E-state index is -0.857. The van der Waals surface area contributed by atoms with Crippen molar-refractivity contribution in [2.24, 2.45) is 12.5 Å². The molecule has 2 N–H and O–H groups in total. The second-order valence-electron chi connectivity index (χ2n) is 8.05. The largest absolute Gasteiger partial charge is 0.441 e. The standard InChI is InChI=1S/C21H21ClFN7O3/c1-11(14-6-12(23)7-24-16(14)22)33-20(32)29-18-15(10-27-30(18)3)17-25-8-13(9-26-17)28-19(31)21(2)4-5-21/h6-11H,4-5H2,1-3H3,(H,28,31)(H,29,32)/t11-/m1/s1. The van der Waals surface area contributed by atoms with Gasteiger partial charge in [-0.1, -0.05) is 18.5 Å². The fourth-order valence-corrected chi connectivity index (χ4v) is 3.31. The Bertz CT molecular complexity index is 1210. The molecule has 0 radical (unpaired) electrons. The van der Waals surface area contributed by atoms with Crippen LogP contribution in [-0.4, -0.2) is 36.7 Å². The van der Waals surface area contributed by atoms with Crippen molar-refractivity contribution in [3.05, 3.63) is 47.4 Å². The van der Waals surface area contributed by atoms with Crippen LogP contribution >= 0.6 is 11.6 Å². The Kier molecular flexibility index (Phi) is 5.98. The smallest absolute Gasteiger partial charge is 0.413 e. The molecule has 0 aromatic carbocycles. The van der Waals surface area contributed by atoms with Gasteiger partial charge in [0.2, 0.25) is 5.91 Å². The van der Waals surface area contributed by atoms with Crippen LogP contribution in [0.1, 0.15) is 38.4 Å². The molecule has 1 aliphatic rings. The maximum Gasteiger partial charge on any atom is 0.413 e. The predicted octanol–water partition coefficient (Wildman–Crippen LogP) is 4.11. The molecule has 1 atom stereocenters. The lowest BCUT2D eigenvalue weighted by Crippen LogP contribution is -2.21. The van der Waals surface area contributed by atoms with Crippen LogP contribution in [0.15, 0.2) is 30.9 Å². The molecule has 1 aliphatic carbocycles. The number of carbonyl (C=O) groups excluding carboxylic acids is 2. The number of pyridine rings is 1. The number of carbonyl (C=O) groups is 2. The van der Waals surface area contributed by atoms with Gasteiger partial charge in [0.15, 0.2) is 5.82 Å². The summed E-state index contributed by atoms with van der Waals surface area (Å²) in [5.74, 6) is -0.0763. The van der Waals surface area contributed by atoms with E-state index in [9.17, 15) is 14.0 Å². The summed E-state index contributed by atoms with van der Waals surface area (Å²) in [6.07, 6.45) is 5.50. The maximum atomic E-state index is 13.5. The fraction of sp³-hybridized carbons (Fsp3) is 0.333. The van der Waals surface area contributed by atoms with Crippen LogP contribution in [0.25, 0.3) is 11.4 Å². The molecule has 3 aromatic rings. The van der Waals surface area contributed by atoms with Crippen molar-refractivity contribution in [3.63, 3.8) is 0 Å². The molecule has 0 unspecified atom stereocenters. The molecule has 3 heterocycles. The molecule has 0 bridgehead atoms. The number of amides is 2. The first kappa shape index (κ1) is 22.6. The highest BCUT2D eigenvalue weighted by molar-refractivity contribution is 6.30. The van der Waals surface area contributed by atoms with Crippen molar-refractivity contribution in [2.75, 3.05) is 10.6 Å². The summed E-state index contributed by atoms with van der Waals surface area (Å²) < 4.78 is 20.2. The van der Waals surface area contributed by atoms with Gasteiger partial charge in [0, 0.05) is 18.0 Å². The third-order valence-electron chi connectivity index (χ3n) is 5.41. The molecule has 0 spiro atoms. The summed E-state index contributed by atoms with van der Waals surface area (Å²) in [7, 11) is 1.63. The zero-order valence-corrected chi connectivity index (χ0v) is 18.9. The number of aromatic nitrogens is 5. The normalized spacial score (nSPS) is 14.9. The van der Waals surface area contributed by atoms with Gasteiger partial charge in [-0.3, -0.25) is 14.8 Å². The molecule has 0 aliphatic heterocycles. The average Bonchev–Trinajstić information content (AvgIpc) is 3.44. The second kappa shape index (κ2) is 8.74. The van der Waals surface area contributed by atoms with Gasteiger partial charge in [0.25, 0.3) is 0 Å². The number of ether oxygens (including phenoxy) is 1. The lowest BCUT2D eigenvalue weighted by Gasteiger charge is -2.15. The van der Waals surface area contributed by atoms with Gasteiger partial charge in [-0.25, -0.2) is 24.1 Å². The van der Waals surface area contributed by atoms with E-state index in [0.717, 1.165) is 25.1 Å². The first-order valence-corrected chi connectivity index (χ1v) is 10.5. The average molecular weight is 474 g/mol. The van der Waals surface area contributed by atoms with Crippen LogP contribution in [0, 0.1) is 11.2 Å². The van der Waals surface area contributed by atoms with Gasteiger partial charge >= 0.3 is 6.09 Å². The van der Waals surface area contributed by atoms with Crippen molar-refractivity contribution >= 4 is 35.1 Å². The van der Waals surface area contributed by atoms with Crippen LogP contribution in [-0.2, 0) is 16.6 Å². The van der Waals surface area contributed by atoms with Crippen LogP contribution < -0.4 is 10.6 Å². The maximum absolute atomic E-state index is 13.5. The molecule has 0 saturated heterocycles. The van der Waals surface area contributed by atoms with E-state index < -0.39 is 18.0 Å². The van der Waals surface area contributed by atoms with Crippen molar-refractivity contribution in [1.29, 1.82) is 0 Å². The van der Waals surface area contributed by atoms with Gasteiger partial charge in [-0.05, 0) is 25.8 Å². The summed E-state index contributed by atoms with van der Waals surface area (Å²) in [4.78, 5) is 36.9. The van der Waals surface area contributed by atoms with E-state index in [1.807, 2.05) is 6.92 Å². The number of aryl methyl sites for hydroxylation is 1.